The summed E-state index contributed by atoms with van der Waals surface area (Å²) in [7, 11) is 1.64. The summed E-state index contributed by atoms with van der Waals surface area (Å²) in [4.78, 5) is 19.4. The second-order valence-electron chi connectivity index (χ2n) is 5.94. The van der Waals surface area contributed by atoms with Gasteiger partial charge in [0.15, 0.2) is 0 Å². The van der Waals surface area contributed by atoms with Gasteiger partial charge in [-0.3, -0.25) is 0 Å². The number of piperidine rings is 1. The summed E-state index contributed by atoms with van der Waals surface area (Å²) in [6.45, 7) is 1.66. The molecule has 0 aliphatic carbocycles. The molecule has 2 aromatic rings. The van der Waals surface area contributed by atoms with E-state index in [9.17, 15) is 4.79 Å². The first-order valence-corrected chi connectivity index (χ1v) is 9.03. The molecule has 130 valence electrons. The van der Waals surface area contributed by atoms with Crippen LogP contribution in [0, 0.1) is 17.2 Å². The van der Waals surface area contributed by atoms with Crippen molar-refractivity contribution >= 4 is 17.4 Å². The third-order valence-corrected chi connectivity index (χ3v) is 5.22. The summed E-state index contributed by atoms with van der Waals surface area (Å²) in [6, 6.07) is 9.89. The number of nitriles is 1. The van der Waals surface area contributed by atoms with Crippen molar-refractivity contribution in [1.29, 1.82) is 5.26 Å². The average Bonchev–Trinajstić information content (AvgIpc) is 3.15. The number of methoxy groups -OCH3 is 1. The molecule has 0 radical (unpaired) electrons. The maximum Gasteiger partial charge on any atom is 0.317 e. The second kappa shape index (κ2) is 7.99. The second-order valence-corrected chi connectivity index (χ2v) is 7.05. The summed E-state index contributed by atoms with van der Waals surface area (Å²) in [5.41, 5.74) is 0.995. The Morgan fingerprint density at radius 2 is 2.44 bits per heavy atom. The molecule has 6 nitrogen and oxygen atoms in total. The smallest absolute Gasteiger partial charge is 0.317 e. The molecule has 1 aliphatic rings. The molecular weight excluding hydrogens is 336 g/mol. The number of amides is 2. The maximum absolute atomic E-state index is 12.3. The molecule has 2 heterocycles. The molecule has 0 saturated carbocycles. The van der Waals surface area contributed by atoms with Gasteiger partial charge in [0.25, 0.3) is 0 Å². The van der Waals surface area contributed by atoms with Gasteiger partial charge in [0.05, 0.1) is 25.6 Å². The van der Waals surface area contributed by atoms with Crippen LogP contribution in [0.15, 0.2) is 30.5 Å². The molecule has 0 spiro atoms. The number of benzene rings is 1. The summed E-state index contributed by atoms with van der Waals surface area (Å²) in [5.74, 6) is 0.738. The number of nitrogens with one attached hydrogen (secondary N) is 1. The monoisotopic (exact) mass is 356 g/mol. The van der Waals surface area contributed by atoms with Crippen LogP contribution in [0.3, 0.4) is 0 Å². The molecule has 1 aliphatic heterocycles. The lowest BCUT2D eigenvalue weighted by Gasteiger charge is -2.29. The quantitative estimate of drug-likeness (QED) is 0.912. The van der Waals surface area contributed by atoms with Crippen LogP contribution < -0.4 is 10.1 Å². The number of thiazole rings is 1. The summed E-state index contributed by atoms with van der Waals surface area (Å²) >= 11 is 1.55. The van der Waals surface area contributed by atoms with Crippen molar-refractivity contribution in [3.63, 3.8) is 0 Å². The fraction of sp³-hybridized carbons (Fsp3) is 0.389. The molecule has 1 aromatic carbocycles. The summed E-state index contributed by atoms with van der Waals surface area (Å²) < 4.78 is 5.24. The van der Waals surface area contributed by atoms with Gasteiger partial charge in [-0.25, -0.2) is 9.78 Å². The molecule has 1 fully saturated rings. The molecule has 1 N–H and O–H groups in total. The zero-order valence-corrected chi connectivity index (χ0v) is 14.9. The lowest BCUT2D eigenvalue weighted by atomic mass is 10.0. The fourth-order valence-corrected chi connectivity index (χ4v) is 3.67. The number of hydrogen-bond acceptors (Lipinski definition) is 5. The normalized spacial score (nSPS) is 17.0. The predicted octanol–water partition coefficient (Wildman–Crippen LogP) is 3.26. The Hall–Kier alpha value is -2.59. The highest BCUT2D eigenvalue weighted by molar-refractivity contribution is 7.15. The van der Waals surface area contributed by atoms with Crippen molar-refractivity contribution in [2.45, 2.75) is 19.4 Å². The molecule has 7 heteroatoms. The van der Waals surface area contributed by atoms with Crippen LogP contribution in [0.25, 0.3) is 10.6 Å². The van der Waals surface area contributed by atoms with Gasteiger partial charge in [-0.1, -0.05) is 12.1 Å². The van der Waals surface area contributed by atoms with Crippen LogP contribution in [0.5, 0.6) is 5.75 Å². The zero-order valence-electron chi connectivity index (χ0n) is 14.1. The van der Waals surface area contributed by atoms with E-state index in [2.05, 4.69) is 16.4 Å². The van der Waals surface area contributed by atoms with Gasteiger partial charge in [0.1, 0.15) is 10.8 Å². The highest BCUT2D eigenvalue weighted by Gasteiger charge is 2.23. The van der Waals surface area contributed by atoms with Crippen LogP contribution in [-0.2, 0) is 6.54 Å². The van der Waals surface area contributed by atoms with Gasteiger partial charge in [-0.2, -0.15) is 5.26 Å². The lowest BCUT2D eigenvalue weighted by molar-refractivity contribution is 0.176. The number of carbonyl (C=O) groups is 1. The minimum atomic E-state index is -0.115. The van der Waals surface area contributed by atoms with Crippen LogP contribution in [0.1, 0.15) is 17.7 Å². The highest BCUT2D eigenvalue weighted by atomic mass is 32.1. The Morgan fingerprint density at radius 1 is 1.56 bits per heavy atom. The van der Waals surface area contributed by atoms with E-state index in [0.717, 1.165) is 34.0 Å². The number of nitrogens with zero attached hydrogens (tertiary/aromatic N) is 3. The molecule has 1 atom stereocenters. The van der Waals surface area contributed by atoms with Crippen molar-refractivity contribution in [1.82, 2.24) is 15.2 Å². The molecule has 1 saturated heterocycles. The number of urea groups is 1. The van der Waals surface area contributed by atoms with E-state index < -0.39 is 0 Å². The Kier molecular flexibility index (Phi) is 5.51. The summed E-state index contributed by atoms with van der Waals surface area (Å²) in [5, 5.41) is 12.8. The molecule has 25 heavy (non-hydrogen) atoms. The molecule has 1 aromatic heterocycles. The van der Waals surface area contributed by atoms with Crippen molar-refractivity contribution < 1.29 is 9.53 Å². The van der Waals surface area contributed by atoms with Gasteiger partial charge in [-0.05, 0) is 25.0 Å². The Morgan fingerprint density at radius 3 is 3.24 bits per heavy atom. The van der Waals surface area contributed by atoms with Gasteiger partial charge < -0.3 is 15.0 Å². The minimum absolute atomic E-state index is 0.0532. The fourth-order valence-electron chi connectivity index (χ4n) is 2.82. The third kappa shape index (κ3) is 4.28. The van der Waals surface area contributed by atoms with Crippen LogP contribution >= 0.6 is 11.3 Å². The van der Waals surface area contributed by atoms with Crippen molar-refractivity contribution in [2.24, 2.45) is 5.92 Å². The van der Waals surface area contributed by atoms with Gasteiger partial charge >= 0.3 is 6.03 Å². The van der Waals surface area contributed by atoms with Crippen molar-refractivity contribution in [3.8, 4) is 22.4 Å². The van der Waals surface area contributed by atoms with E-state index in [0.29, 0.717) is 19.6 Å². The van der Waals surface area contributed by atoms with Crippen molar-refractivity contribution in [3.05, 3.63) is 35.3 Å². The largest absolute Gasteiger partial charge is 0.497 e. The maximum atomic E-state index is 12.3. The molecular formula is C18H20N4O2S. The first-order chi connectivity index (χ1) is 12.2. The Balaban J connectivity index is 1.58. The van der Waals surface area contributed by atoms with Crippen LogP contribution in [-0.4, -0.2) is 36.1 Å². The Labute approximate surface area is 151 Å². The highest BCUT2D eigenvalue weighted by Crippen LogP contribution is 2.27. The number of likely N-dealkylation sites (tertiary alicyclic amines) is 1. The van der Waals surface area contributed by atoms with Crippen LogP contribution in [0.2, 0.25) is 0 Å². The van der Waals surface area contributed by atoms with Crippen LogP contribution in [0.4, 0.5) is 4.79 Å². The number of hydrogen-bond donors (Lipinski definition) is 1. The molecule has 0 bridgehead atoms. The van der Waals surface area contributed by atoms with Gasteiger partial charge in [0, 0.05) is 29.7 Å². The van der Waals surface area contributed by atoms with E-state index in [1.807, 2.05) is 24.3 Å². The standard InChI is InChI=1S/C18H20N4O2S/c1-24-15-6-2-5-14(8-15)17-20-10-16(25-17)11-21-18(23)22-7-3-4-13(9-19)12-22/h2,5-6,8,10,13H,3-4,7,11-12H2,1H3,(H,21,23)/t13-/m1/s1. The Bertz CT molecular complexity index is 783. The number of rotatable bonds is 4. The first-order valence-electron chi connectivity index (χ1n) is 8.21. The topological polar surface area (TPSA) is 78.2 Å². The van der Waals surface area contributed by atoms with E-state index >= 15 is 0 Å². The third-order valence-electron chi connectivity index (χ3n) is 4.18. The lowest BCUT2D eigenvalue weighted by Crippen LogP contribution is -2.44. The van der Waals surface area contributed by atoms with Crippen molar-refractivity contribution in [2.75, 3.05) is 20.2 Å². The number of ether oxygens (including phenoxy) is 1. The molecule has 0 unspecified atom stereocenters. The molecule has 3 rings (SSSR count). The first kappa shape index (κ1) is 17.2. The number of aromatic nitrogens is 1. The van der Waals surface area contributed by atoms with Gasteiger partial charge in [0.2, 0.25) is 0 Å². The van der Waals surface area contributed by atoms with E-state index in [1.54, 1.807) is 29.5 Å². The minimum Gasteiger partial charge on any atom is -0.497 e. The molecule has 2 amide bonds. The van der Waals surface area contributed by atoms with E-state index in [4.69, 9.17) is 10.00 Å². The van der Waals surface area contributed by atoms with E-state index in [1.165, 1.54) is 0 Å². The van der Waals surface area contributed by atoms with Gasteiger partial charge in [-0.15, -0.1) is 11.3 Å². The average molecular weight is 356 g/mol. The predicted molar refractivity (Wildman–Crippen MR) is 96.2 cm³/mol. The number of carbonyl (C=O) groups excluding carboxylic acids is 1. The van der Waals surface area contributed by atoms with E-state index in [-0.39, 0.29) is 11.9 Å². The summed E-state index contributed by atoms with van der Waals surface area (Å²) in [6.07, 6.45) is 3.54. The zero-order chi connectivity index (χ0) is 17.6. The SMILES string of the molecule is COc1cccc(-c2ncc(CNC(=O)N3CCC[C@H](C#N)C3)s2)c1.